The molecule has 0 heterocycles. The first-order valence-electron chi connectivity index (χ1n) is 34.3. The molecule has 0 aromatic heterocycles. The van der Waals surface area contributed by atoms with E-state index in [-0.39, 0.29) is 31.1 Å². The minimum atomic E-state index is -0.776. The standard InChI is InChI=1S/C70H132O6/c1-4-7-10-13-16-19-22-25-27-28-29-30-31-32-33-34-35-36-37-38-39-40-41-42-44-45-48-51-54-57-60-63-69(72)75-66-67(65-74-68(71)62-59-56-53-50-47-24-21-18-15-12-9-6-3)76-70(73)64-61-58-55-52-49-46-43-26-23-20-17-14-11-8-5-2/h18,21,26,43,67H,4-17,19-20,22-25,27-42,44-66H2,1-3H3/b21-18-,43-26-. The van der Waals surface area contributed by atoms with Gasteiger partial charge in [-0.25, -0.2) is 0 Å². The minimum Gasteiger partial charge on any atom is -0.462 e. The van der Waals surface area contributed by atoms with Crippen molar-refractivity contribution in [2.75, 3.05) is 13.2 Å². The highest BCUT2D eigenvalue weighted by Gasteiger charge is 2.19. The fraction of sp³-hybridized carbons (Fsp3) is 0.900. The van der Waals surface area contributed by atoms with Crippen molar-refractivity contribution >= 4 is 17.9 Å². The van der Waals surface area contributed by atoms with Crippen molar-refractivity contribution in [2.45, 2.75) is 393 Å². The normalized spacial score (nSPS) is 12.1. The van der Waals surface area contributed by atoms with E-state index in [9.17, 15) is 14.4 Å². The molecule has 0 aliphatic heterocycles. The van der Waals surface area contributed by atoms with Crippen LogP contribution in [0.25, 0.3) is 0 Å². The van der Waals surface area contributed by atoms with E-state index >= 15 is 0 Å². The van der Waals surface area contributed by atoms with Crippen LogP contribution in [0.2, 0.25) is 0 Å². The second-order valence-electron chi connectivity index (χ2n) is 23.4. The number of hydrogen-bond acceptors (Lipinski definition) is 6. The van der Waals surface area contributed by atoms with Crippen LogP contribution >= 0.6 is 0 Å². The molecule has 0 N–H and O–H groups in total. The quantitative estimate of drug-likeness (QED) is 0.0261. The van der Waals surface area contributed by atoms with E-state index in [0.717, 1.165) is 70.6 Å². The van der Waals surface area contributed by atoms with Gasteiger partial charge in [0.25, 0.3) is 0 Å². The van der Waals surface area contributed by atoms with Crippen LogP contribution in [-0.4, -0.2) is 37.2 Å². The van der Waals surface area contributed by atoms with Gasteiger partial charge in [-0.2, -0.15) is 0 Å². The van der Waals surface area contributed by atoms with Crippen molar-refractivity contribution < 1.29 is 28.6 Å². The fourth-order valence-corrected chi connectivity index (χ4v) is 10.5. The zero-order valence-corrected chi connectivity index (χ0v) is 51.6. The van der Waals surface area contributed by atoms with Gasteiger partial charge in [0.2, 0.25) is 0 Å². The zero-order chi connectivity index (χ0) is 55.0. The van der Waals surface area contributed by atoms with Gasteiger partial charge in [0.05, 0.1) is 0 Å². The molecule has 0 rings (SSSR count). The van der Waals surface area contributed by atoms with Crippen LogP contribution in [-0.2, 0) is 28.6 Å². The summed E-state index contributed by atoms with van der Waals surface area (Å²) in [7, 11) is 0. The van der Waals surface area contributed by atoms with Gasteiger partial charge in [0.15, 0.2) is 6.10 Å². The van der Waals surface area contributed by atoms with Crippen molar-refractivity contribution in [2.24, 2.45) is 0 Å². The Morgan fingerprint density at radius 3 is 0.684 bits per heavy atom. The van der Waals surface area contributed by atoms with Gasteiger partial charge in [-0.1, -0.05) is 321 Å². The third kappa shape index (κ3) is 62.7. The van der Waals surface area contributed by atoms with Crippen LogP contribution in [0.4, 0.5) is 0 Å². The van der Waals surface area contributed by atoms with Crippen molar-refractivity contribution in [1.29, 1.82) is 0 Å². The maximum absolute atomic E-state index is 12.9. The number of allylic oxidation sites excluding steroid dienone is 4. The molecule has 0 saturated heterocycles. The highest BCUT2D eigenvalue weighted by atomic mass is 16.6. The molecular weight excluding hydrogens is 937 g/mol. The van der Waals surface area contributed by atoms with Crippen LogP contribution in [0.1, 0.15) is 387 Å². The van der Waals surface area contributed by atoms with E-state index in [1.165, 1.54) is 276 Å². The van der Waals surface area contributed by atoms with Gasteiger partial charge in [0.1, 0.15) is 13.2 Å². The molecule has 6 heteroatoms. The summed E-state index contributed by atoms with van der Waals surface area (Å²) in [5.41, 5.74) is 0. The number of rotatable bonds is 64. The molecule has 0 fully saturated rings. The summed E-state index contributed by atoms with van der Waals surface area (Å²) in [6.07, 6.45) is 79.4. The summed E-state index contributed by atoms with van der Waals surface area (Å²) >= 11 is 0. The van der Waals surface area contributed by atoms with Crippen LogP contribution < -0.4 is 0 Å². The number of esters is 3. The predicted octanol–water partition coefficient (Wildman–Crippen LogP) is 23.4. The van der Waals surface area contributed by atoms with Crippen LogP contribution in [0.15, 0.2) is 24.3 Å². The maximum Gasteiger partial charge on any atom is 0.306 e. The van der Waals surface area contributed by atoms with E-state index in [2.05, 4.69) is 45.1 Å². The van der Waals surface area contributed by atoms with E-state index < -0.39 is 6.10 Å². The molecule has 0 aromatic rings. The first kappa shape index (κ1) is 73.9. The first-order chi connectivity index (χ1) is 37.5. The number of ether oxygens (including phenoxy) is 3. The molecule has 0 aliphatic carbocycles. The SMILES string of the molecule is CCCCC/C=C\CCCCCCCC(=O)OCC(COC(=O)CCCCCCCCCCCCCCCCCCCCCCCCCCCCCCCCC)OC(=O)CCCCCCC/C=C\CCCCCCCC. The zero-order valence-electron chi connectivity index (χ0n) is 51.6. The smallest absolute Gasteiger partial charge is 0.306 e. The lowest BCUT2D eigenvalue weighted by molar-refractivity contribution is -0.167. The molecular formula is C70H132O6. The third-order valence-electron chi connectivity index (χ3n) is 15.7. The highest BCUT2D eigenvalue weighted by molar-refractivity contribution is 5.71. The second kappa shape index (κ2) is 65.4. The molecule has 1 unspecified atom stereocenters. The monoisotopic (exact) mass is 1070 g/mol. The van der Waals surface area contributed by atoms with E-state index in [0.29, 0.717) is 19.3 Å². The molecule has 0 spiro atoms. The largest absolute Gasteiger partial charge is 0.462 e. The average molecular weight is 1070 g/mol. The van der Waals surface area contributed by atoms with Crippen LogP contribution in [0.3, 0.4) is 0 Å². The molecule has 6 nitrogen and oxygen atoms in total. The molecule has 76 heavy (non-hydrogen) atoms. The lowest BCUT2D eigenvalue weighted by Crippen LogP contribution is -2.30. The van der Waals surface area contributed by atoms with Crippen molar-refractivity contribution in [3.63, 3.8) is 0 Å². The highest BCUT2D eigenvalue weighted by Crippen LogP contribution is 2.19. The number of hydrogen-bond donors (Lipinski definition) is 0. The summed E-state index contributed by atoms with van der Waals surface area (Å²) in [5, 5.41) is 0. The molecule has 0 saturated carbocycles. The molecule has 0 aromatic carbocycles. The molecule has 0 amide bonds. The van der Waals surface area contributed by atoms with Gasteiger partial charge < -0.3 is 14.2 Å². The van der Waals surface area contributed by atoms with Gasteiger partial charge in [-0.3, -0.25) is 14.4 Å². The topological polar surface area (TPSA) is 78.9 Å². The van der Waals surface area contributed by atoms with Gasteiger partial charge in [-0.15, -0.1) is 0 Å². The summed E-state index contributed by atoms with van der Waals surface area (Å²) in [6.45, 7) is 6.66. The molecule has 0 aliphatic rings. The Labute approximate surface area is 474 Å². The van der Waals surface area contributed by atoms with E-state index in [1.54, 1.807) is 0 Å². The summed E-state index contributed by atoms with van der Waals surface area (Å²) < 4.78 is 16.9. The predicted molar refractivity (Wildman–Crippen MR) is 330 cm³/mol. The Balaban J connectivity index is 4.08. The molecule has 0 radical (unpaired) electrons. The Morgan fingerprint density at radius 2 is 0.434 bits per heavy atom. The third-order valence-corrected chi connectivity index (χ3v) is 15.7. The minimum absolute atomic E-state index is 0.0725. The Kier molecular flexibility index (Phi) is 63.6. The second-order valence-corrected chi connectivity index (χ2v) is 23.4. The van der Waals surface area contributed by atoms with E-state index in [1.807, 2.05) is 0 Å². The van der Waals surface area contributed by atoms with Crippen molar-refractivity contribution in [3.8, 4) is 0 Å². The average Bonchev–Trinajstić information content (AvgIpc) is 3.42. The van der Waals surface area contributed by atoms with Crippen LogP contribution in [0, 0.1) is 0 Å². The van der Waals surface area contributed by atoms with Gasteiger partial charge in [0, 0.05) is 19.3 Å². The molecule has 0 bridgehead atoms. The van der Waals surface area contributed by atoms with E-state index in [4.69, 9.17) is 14.2 Å². The molecule has 448 valence electrons. The first-order valence-corrected chi connectivity index (χ1v) is 34.3. The Morgan fingerprint density at radius 1 is 0.250 bits per heavy atom. The van der Waals surface area contributed by atoms with Crippen molar-refractivity contribution in [1.82, 2.24) is 0 Å². The van der Waals surface area contributed by atoms with Crippen molar-refractivity contribution in [3.05, 3.63) is 24.3 Å². The Hall–Kier alpha value is -2.11. The maximum atomic E-state index is 12.9. The Bertz CT molecular complexity index is 1230. The molecule has 1 atom stereocenters. The number of carbonyl (C=O) groups is 3. The lowest BCUT2D eigenvalue weighted by Gasteiger charge is -2.18. The van der Waals surface area contributed by atoms with Gasteiger partial charge >= 0.3 is 17.9 Å². The van der Waals surface area contributed by atoms with Gasteiger partial charge in [-0.05, 0) is 70.6 Å². The summed E-state index contributed by atoms with van der Waals surface area (Å²) in [5.74, 6) is -0.866. The number of carbonyl (C=O) groups excluding carboxylic acids is 3. The summed E-state index contributed by atoms with van der Waals surface area (Å²) in [4.78, 5) is 38.2. The van der Waals surface area contributed by atoms with Crippen LogP contribution in [0.5, 0.6) is 0 Å². The fourth-order valence-electron chi connectivity index (χ4n) is 10.5. The summed E-state index contributed by atoms with van der Waals surface area (Å²) in [6, 6.07) is 0. The number of unbranched alkanes of at least 4 members (excludes halogenated alkanes) is 49. The lowest BCUT2D eigenvalue weighted by atomic mass is 10.0.